The lowest BCUT2D eigenvalue weighted by Crippen LogP contribution is -2.10. The van der Waals surface area contributed by atoms with Crippen LogP contribution in [0.2, 0.25) is 0 Å². The lowest BCUT2D eigenvalue weighted by molar-refractivity contribution is 1.16. The molecule has 0 radical (unpaired) electrons. The van der Waals surface area contributed by atoms with Gasteiger partial charge in [0, 0.05) is 24.8 Å². The largest absolute Gasteiger partial charge is 0.295 e. The van der Waals surface area contributed by atoms with E-state index in [1.165, 1.54) is 0 Å². The molecule has 0 saturated heterocycles. The van der Waals surface area contributed by atoms with Gasteiger partial charge in [0.15, 0.2) is 0 Å². The van der Waals surface area contributed by atoms with Crippen molar-refractivity contribution in [2.75, 3.05) is 0 Å². The molecule has 2 nitrogen and oxygen atoms in total. The summed E-state index contributed by atoms with van der Waals surface area (Å²) in [6.07, 6.45) is 8.16. The molecule has 0 unspecified atom stereocenters. The summed E-state index contributed by atoms with van der Waals surface area (Å²) >= 11 is 0. The highest BCUT2D eigenvalue weighted by Gasteiger charge is 2.18. The zero-order valence-corrected chi connectivity index (χ0v) is 9.31. The van der Waals surface area contributed by atoms with Gasteiger partial charge in [0.25, 0.3) is 0 Å². The first-order valence-electron chi connectivity index (χ1n) is 4.69. The highest BCUT2D eigenvalue weighted by molar-refractivity contribution is 8.35. The molecule has 2 heterocycles. The highest BCUT2D eigenvalue weighted by atomic mass is 32.3. The molecule has 15 heavy (non-hydrogen) atoms. The third-order valence-electron chi connectivity index (χ3n) is 2.32. The molecule has 0 aliphatic carbocycles. The van der Waals surface area contributed by atoms with Crippen molar-refractivity contribution in [3.8, 4) is 0 Å². The molecule has 2 rings (SSSR count). The van der Waals surface area contributed by atoms with Crippen LogP contribution in [-0.4, -0.2) is 7.94 Å². The van der Waals surface area contributed by atoms with E-state index in [4.69, 9.17) is 0 Å². The number of aromatic nitrogens is 2. The van der Waals surface area contributed by atoms with Crippen LogP contribution in [0.25, 0.3) is 0 Å². The monoisotopic (exact) mass is 218 g/mol. The van der Waals surface area contributed by atoms with Crippen LogP contribution in [0.1, 0.15) is 0 Å². The molecule has 0 aromatic carbocycles. The van der Waals surface area contributed by atoms with Crippen LogP contribution < -0.4 is 0 Å². The average molecular weight is 218 g/mol. The summed E-state index contributed by atoms with van der Waals surface area (Å²) in [7, 11) is -1.38. The first-order chi connectivity index (χ1) is 7.33. The summed E-state index contributed by atoms with van der Waals surface area (Å²) in [5.41, 5.74) is 0. The van der Waals surface area contributed by atoms with Crippen LogP contribution >= 0.6 is 10.4 Å². The van der Waals surface area contributed by atoms with Crippen molar-refractivity contribution in [3.05, 3.63) is 73.0 Å². The molecule has 0 atom stereocenters. The fourth-order valence-electron chi connectivity index (χ4n) is 1.55. The number of hydrogen-bond donors (Lipinski definition) is 0. The Balaban J connectivity index is 2.60. The third-order valence-corrected chi connectivity index (χ3v) is 5.14. The van der Waals surface area contributed by atoms with Crippen LogP contribution in [0, 0.1) is 0 Å². The second kappa shape index (κ2) is 3.87. The molecule has 0 saturated carbocycles. The second-order valence-corrected chi connectivity index (χ2v) is 5.85. The minimum Gasteiger partial charge on any atom is -0.295 e. The topological polar surface area (TPSA) is 9.86 Å². The molecular formula is C12H14N2S. The minimum absolute atomic E-state index is 1.38. The van der Waals surface area contributed by atoms with Gasteiger partial charge in [0.05, 0.1) is 0 Å². The van der Waals surface area contributed by atoms with Crippen LogP contribution in [0.3, 0.4) is 0 Å². The van der Waals surface area contributed by atoms with E-state index < -0.39 is 10.4 Å². The molecule has 2 aromatic rings. The molecule has 0 aliphatic rings. The fourth-order valence-corrected chi connectivity index (χ4v) is 3.65. The fraction of sp³-hybridized carbons (Fsp3) is 0. The summed E-state index contributed by atoms with van der Waals surface area (Å²) in [4.78, 5) is 0. The van der Waals surface area contributed by atoms with Gasteiger partial charge < -0.3 is 0 Å². The Morgan fingerprint density at radius 2 is 1.07 bits per heavy atom. The molecule has 0 amide bonds. The smallest absolute Gasteiger partial charge is 0.0162 e. The molecule has 0 spiro atoms. The van der Waals surface area contributed by atoms with Gasteiger partial charge in [-0.1, -0.05) is 13.2 Å². The van der Waals surface area contributed by atoms with Crippen molar-refractivity contribution in [1.82, 2.24) is 7.94 Å². The first kappa shape index (κ1) is 9.93. The van der Waals surface area contributed by atoms with Crippen LogP contribution in [0.15, 0.2) is 73.0 Å². The quantitative estimate of drug-likeness (QED) is 0.742. The van der Waals surface area contributed by atoms with Gasteiger partial charge in [-0.05, 0) is 45.5 Å². The molecule has 3 heteroatoms. The first-order valence-corrected chi connectivity index (χ1v) is 6.36. The van der Waals surface area contributed by atoms with E-state index in [2.05, 4.69) is 21.1 Å². The molecular weight excluding hydrogens is 204 g/mol. The number of rotatable bonds is 4. The van der Waals surface area contributed by atoms with Crippen molar-refractivity contribution >= 4 is 10.4 Å². The summed E-state index contributed by atoms with van der Waals surface area (Å²) in [5, 5.41) is 3.92. The maximum atomic E-state index is 3.94. The molecule has 78 valence electrons. The van der Waals surface area contributed by atoms with E-state index in [1.807, 2.05) is 59.9 Å². The SMILES string of the molecule is C=CS(C=C)(n1cccc1)n1cccc1. The lowest BCUT2D eigenvalue weighted by atomic mass is 10.7. The Labute approximate surface area is 91.7 Å². The van der Waals surface area contributed by atoms with Gasteiger partial charge in [-0.3, -0.25) is 7.94 Å². The number of nitrogens with zero attached hydrogens (tertiary/aromatic N) is 2. The van der Waals surface area contributed by atoms with Crippen LogP contribution in [-0.2, 0) is 0 Å². The maximum Gasteiger partial charge on any atom is 0.0162 e. The molecule has 0 bridgehead atoms. The Kier molecular flexibility index (Phi) is 2.56. The van der Waals surface area contributed by atoms with E-state index in [9.17, 15) is 0 Å². The van der Waals surface area contributed by atoms with Gasteiger partial charge in [-0.2, -0.15) is 0 Å². The summed E-state index contributed by atoms with van der Waals surface area (Å²) in [5.74, 6) is 0. The molecule has 0 aliphatic heterocycles. The van der Waals surface area contributed by atoms with Crippen molar-refractivity contribution in [2.24, 2.45) is 0 Å². The van der Waals surface area contributed by atoms with E-state index in [0.29, 0.717) is 0 Å². The van der Waals surface area contributed by atoms with Gasteiger partial charge in [-0.15, -0.1) is 0 Å². The Morgan fingerprint density at radius 3 is 1.33 bits per heavy atom. The highest BCUT2D eigenvalue weighted by Crippen LogP contribution is 2.52. The lowest BCUT2D eigenvalue weighted by Gasteiger charge is -2.36. The van der Waals surface area contributed by atoms with Gasteiger partial charge in [-0.25, -0.2) is 0 Å². The van der Waals surface area contributed by atoms with Crippen molar-refractivity contribution < 1.29 is 0 Å². The third kappa shape index (κ3) is 1.45. The van der Waals surface area contributed by atoms with Crippen LogP contribution in [0.5, 0.6) is 0 Å². The Morgan fingerprint density at radius 1 is 0.733 bits per heavy atom. The zero-order valence-electron chi connectivity index (χ0n) is 8.49. The summed E-state index contributed by atoms with van der Waals surface area (Å²) < 4.78 is 4.29. The minimum atomic E-state index is -1.38. The maximum absolute atomic E-state index is 3.94. The molecule has 0 N–H and O–H groups in total. The van der Waals surface area contributed by atoms with Crippen molar-refractivity contribution in [1.29, 1.82) is 0 Å². The normalized spacial score (nSPS) is 12.3. The summed E-state index contributed by atoms with van der Waals surface area (Å²) in [6.45, 7) is 7.88. The van der Waals surface area contributed by atoms with E-state index in [0.717, 1.165) is 0 Å². The van der Waals surface area contributed by atoms with Crippen LogP contribution in [0.4, 0.5) is 0 Å². The van der Waals surface area contributed by atoms with Crippen molar-refractivity contribution in [2.45, 2.75) is 0 Å². The molecule has 0 fully saturated rings. The Bertz CT molecular complexity index is 396. The standard InChI is InChI=1S/C12H14N2S/c1-3-15(4-2,13-9-5-6-10-13)14-11-7-8-12-14/h3-12H,1-2H2. The predicted molar refractivity (Wildman–Crippen MR) is 67.6 cm³/mol. The average Bonchev–Trinajstić information content (AvgIpc) is 2.92. The van der Waals surface area contributed by atoms with Gasteiger partial charge >= 0.3 is 0 Å². The van der Waals surface area contributed by atoms with Gasteiger partial charge in [0.1, 0.15) is 0 Å². The van der Waals surface area contributed by atoms with E-state index in [1.54, 1.807) is 0 Å². The zero-order chi connectivity index (χ0) is 10.7. The number of hydrogen-bond acceptors (Lipinski definition) is 0. The second-order valence-electron chi connectivity index (χ2n) is 3.06. The predicted octanol–water partition coefficient (Wildman–Crippen LogP) is 3.61. The molecule has 2 aromatic heterocycles. The summed E-state index contributed by atoms with van der Waals surface area (Å²) in [6, 6.07) is 8.05. The van der Waals surface area contributed by atoms with E-state index >= 15 is 0 Å². The van der Waals surface area contributed by atoms with Gasteiger partial charge in [0.2, 0.25) is 0 Å². The Hall–Kier alpha value is -1.61. The van der Waals surface area contributed by atoms with E-state index in [-0.39, 0.29) is 0 Å². The van der Waals surface area contributed by atoms with Crippen molar-refractivity contribution in [3.63, 3.8) is 0 Å².